The minimum Gasteiger partial charge on any atom is -0.490 e. The lowest BCUT2D eigenvalue weighted by molar-refractivity contribution is 0.0594. The zero-order valence-corrected chi connectivity index (χ0v) is 18.1. The van der Waals surface area contributed by atoms with Crippen LogP contribution in [0.4, 0.5) is 0 Å². The fraction of sp³-hybridized carbons (Fsp3) is 0.375. The quantitative estimate of drug-likeness (QED) is 0.592. The van der Waals surface area contributed by atoms with Crippen LogP contribution in [0.15, 0.2) is 47.0 Å². The van der Waals surface area contributed by atoms with Crippen molar-refractivity contribution in [2.24, 2.45) is 0 Å². The van der Waals surface area contributed by atoms with Crippen molar-refractivity contribution in [3.05, 3.63) is 70.9 Å². The molecule has 0 saturated carbocycles. The number of rotatable bonds is 6. The van der Waals surface area contributed by atoms with Gasteiger partial charge in [0.25, 0.3) is 5.91 Å². The molecule has 0 aliphatic carbocycles. The summed E-state index contributed by atoms with van der Waals surface area (Å²) in [4.78, 5) is 18.9. The van der Waals surface area contributed by atoms with E-state index in [4.69, 9.17) is 14.0 Å². The highest BCUT2D eigenvalue weighted by Crippen LogP contribution is 2.25. The van der Waals surface area contributed by atoms with Gasteiger partial charge >= 0.3 is 0 Å². The first-order valence-electron chi connectivity index (χ1n) is 10.5. The number of carbonyl (C=O) groups is 1. The van der Waals surface area contributed by atoms with Crippen LogP contribution in [0, 0.1) is 20.8 Å². The summed E-state index contributed by atoms with van der Waals surface area (Å²) in [6.45, 7) is 7.45. The maximum Gasteiger partial charge on any atom is 0.253 e. The zero-order valence-electron chi connectivity index (χ0n) is 18.1. The van der Waals surface area contributed by atoms with Gasteiger partial charge in [-0.15, -0.1) is 0 Å². The smallest absolute Gasteiger partial charge is 0.253 e. The van der Waals surface area contributed by atoms with E-state index in [2.05, 4.69) is 42.2 Å². The molecule has 0 spiro atoms. The molecule has 1 aliphatic rings. The molecule has 1 fully saturated rings. The first-order valence-corrected chi connectivity index (χ1v) is 10.5. The second-order valence-corrected chi connectivity index (χ2v) is 7.92. The molecule has 3 aromatic rings. The molecule has 0 N–H and O–H groups in total. The highest BCUT2D eigenvalue weighted by molar-refractivity contribution is 5.94. The molecule has 2 aromatic carbocycles. The van der Waals surface area contributed by atoms with Crippen LogP contribution in [-0.2, 0) is 6.61 Å². The average molecular weight is 421 g/mol. The molecule has 2 heterocycles. The minimum atomic E-state index is 0.0329. The van der Waals surface area contributed by atoms with Crippen LogP contribution >= 0.6 is 0 Å². The Balaban J connectivity index is 1.28. The van der Waals surface area contributed by atoms with Crippen LogP contribution in [-0.4, -0.2) is 40.1 Å². The average Bonchev–Trinajstić information content (AvgIpc) is 3.20. The van der Waals surface area contributed by atoms with E-state index in [0.29, 0.717) is 36.1 Å². The van der Waals surface area contributed by atoms with Crippen LogP contribution in [0.3, 0.4) is 0 Å². The molecule has 1 saturated heterocycles. The number of amides is 1. The van der Waals surface area contributed by atoms with E-state index < -0.39 is 0 Å². The maximum absolute atomic E-state index is 12.9. The molecular formula is C24H27N3O4. The predicted octanol–water partition coefficient (Wildman–Crippen LogP) is 4.26. The minimum absolute atomic E-state index is 0.0329. The molecule has 0 radical (unpaired) electrons. The lowest BCUT2D eigenvalue weighted by Gasteiger charge is -2.32. The van der Waals surface area contributed by atoms with Gasteiger partial charge in [-0.25, -0.2) is 0 Å². The number of nitrogens with zero attached hydrogens (tertiary/aromatic N) is 3. The van der Waals surface area contributed by atoms with E-state index in [1.165, 1.54) is 5.56 Å². The Labute approximate surface area is 182 Å². The fourth-order valence-electron chi connectivity index (χ4n) is 3.61. The van der Waals surface area contributed by atoms with Gasteiger partial charge in [0.15, 0.2) is 6.61 Å². The second kappa shape index (κ2) is 9.20. The number of piperidine rings is 1. The van der Waals surface area contributed by atoms with Gasteiger partial charge in [-0.2, -0.15) is 4.98 Å². The van der Waals surface area contributed by atoms with Crippen molar-refractivity contribution in [3.8, 4) is 11.5 Å². The molecule has 1 aliphatic heterocycles. The van der Waals surface area contributed by atoms with Crippen LogP contribution in [0.25, 0.3) is 0 Å². The van der Waals surface area contributed by atoms with E-state index in [-0.39, 0.29) is 18.6 Å². The van der Waals surface area contributed by atoms with Crippen molar-refractivity contribution in [1.29, 1.82) is 0 Å². The van der Waals surface area contributed by atoms with Gasteiger partial charge in [0, 0.05) is 38.4 Å². The fourth-order valence-corrected chi connectivity index (χ4v) is 3.61. The molecule has 0 unspecified atom stereocenters. The molecular weight excluding hydrogens is 394 g/mol. The lowest BCUT2D eigenvalue weighted by Crippen LogP contribution is -2.41. The van der Waals surface area contributed by atoms with E-state index >= 15 is 0 Å². The van der Waals surface area contributed by atoms with Gasteiger partial charge in [-0.3, -0.25) is 4.79 Å². The summed E-state index contributed by atoms with van der Waals surface area (Å²) < 4.78 is 16.8. The molecule has 7 heteroatoms. The number of ether oxygens (including phenoxy) is 2. The monoisotopic (exact) mass is 421 g/mol. The summed E-state index contributed by atoms with van der Waals surface area (Å²) in [6, 6.07) is 13.4. The molecule has 0 atom stereocenters. The summed E-state index contributed by atoms with van der Waals surface area (Å²) in [5.41, 5.74) is 2.98. The Morgan fingerprint density at radius 1 is 1.10 bits per heavy atom. The van der Waals surface area contributed by atoms with Crippen molar-refractivity contribution in [2.45, 2.75) is 46.3 Å². The topological polar surface area (TPSA) is 77.7 Å². The highest BCUT2D eigenvalue weighted by atomic mass is 16.5. The summed E-state index contributed by atoms with van der Waals surface area (Å²) in [5.74, 6) is 2.62. The number of benzene rings is 2. The van der Waals surface area contributed by atoms with Crippen LogP contribution in [0.1, 0.15) is 46.0 Å². The molecule has 162 valence electrons. The Kier molecular flexibility index (Phi) is 6.21. The highest BCUT2D eigenvalue weighted by Gasteiger charge is 2.25. The normalized spacial score (nSPS) is 14.5. The first-order chi connectivity index (χ1) is 15.0. The molecule has 1 aromatic heterocycles. The first kappa shape index (κ1) is 20.9. The summed E-state index contributed by atoms with van der Waals surface area (Å²) in [7, 11) is 0. The van der Waals surface area contributed by atoms with E-state index in [0.717, 1.165) is 24.2 Å². The Hall–Kier alpha value is -3.35. The Morgan fingerprint density at radius 2 is 1.84 bits per heavy atom. The molecule has 1 amide bonds. The number of likely N-dealkylation sites (tertiary alicyclic amines) is 1. The predicted molar refractivity (Wildman–Crippen MR) is 115 cm³/mol. The standard InChI is InChI=1S/C24H27N3O4/c1-16-4-5-17(2)22(14-16)30-21-10-12-27(13-11-21)24(28)19-6-8-20(9-7-19)29-15-23-25-18(3)31-26-23/h4-9,14,21H,10-13,15H2,1-3H3. The molecule has 7 nitrogen and oxygen atoms in total. The Bertz CT molecular complexity index is 1040. The van der Waals surface area contributed by atoms with Gasteiger partial charge in [0.2, 0.25) is 11.7 Å². The zero-order chi connectivity index (χ0) is 21.8. The van der Waals surface area contributed by atoms with Gasteiger partial charge in [-0.1, -0.05) is 17.3 Å². The van der Waals surface area contributed by atoms with Crippen molar-refractivity contribution in [2.75, 3.05) is 13.1 Å². The third-order valence-corrected chi connectivity index (χ3v) is 5.41. The SMILES string of the molecule is Cc1ccc(C)c(OC2CCN(C(=O)c3ccc(OCc4noc(C)n4)cc3)CC2)c1. The largest absolute Gasteiger partial charge is 0.490 e. The van der Waals surface area contributed by atoms with Gasteiger partial charge in [0.1, 0.15) is 17.6 Å². The van der Waals surface area contributed by atoms with E-state index in [9.17, 15) is 4.79 Å². The number of aryl methyl sites for hydroxylation is 3. The molecule has 31 heavy (non-hydrogen) atoms. The van der Waals surface area contributed by atoms with Crippen molar-refractivity contribution >= 4 is 5.91 Å². The van der Waals surface area contributed by atoms with Crippen molar-refractivity contribution in [1.82, 2.24) is 15.0 Å². The second-order valence-electron chi connectivity index (χ2n) is 7.92. The number of aromatic nitrogens is 2. The third kappa shape index (κ3) is 5.23. The van der Waals surface area contributed by atoms with E-state index in [1.54, 1.807) is 31.2 Å². The Morgan fingerprint density at radius 3 is 2.52 bits per heavy atom. The molecule has 0 bridgehead atoms. The lowest BCUT2D eigenvalue weighted by atomic mass is 10.1. The summed E-state index contributed by atoms with van der Waals surface area (Å²) in [6.07, 6.45) is 1.78. The van der Waals surface area contributed by atoms with Crippen molar-refractivity contribution < 1.29 is 18.8 Å². The molecule has 4 rings (SSSR count). The summed E-state index contributed by atoms with van der Waals surface area (Å²) in [5, 5.41) is 3.80. The van der Waals surface area contributed by atoms with E-state index in [1.807, 2.05) is 4.90 Å². The number of carbonyl (C=O) groups excluding carboxylic acids is 1. The number of hydrogen-bond acceptors (Lipinski definition) is 6. The van der Waals surface area contributed by atoms with Crippen LogP contribution < -0.4 is 9.47 Å². The third-order valence-electron chi connectivity index (χ3n) is 5.41. The summed E-state index contributed by atoms with van der Waals surface area (Å²) >= 11 is 0. The van der Waals surface area contributed by atoms with Gasteiger partial charge < -0.3 is 18.9 Å². The van der Waals surface area contributed by atoms with Crippen LogP contribution in [0.2, 0.25) is 0 Å². The van der Waals surface area contributed by atoms with Crippen molar-refractivity contribution in [3.63, 3.8) is 0 Å². The van der Waals surface area contributed by atoms with Crippen LogP contribution in [0.5, 0.6) is 11.5 Å². The van der Waals surface area contributed by atoms with Gasteiger partial charge in [-0.05, 0) is 55.3 Å². The van der Waals surface area contributed by atoms with Gasteiger partial charge in [0.05, 0.1) is 0 Å². The maximum atomic E-state index is 12.9. The number of hydrogen-bond donors (Lipinski definition) is 0.